The molecule has 1 unspecified atom stereocenters. The fourth-order valence-electron chi connectivity index (χ4n) is 2.58. The van der Waals surface area contributed by atoms with Crippen LogP contribution in [0.3, 0.4) is 0 Å². The van der Waals surface area contributed by atoms with Gasteiger partial charge in [-0.3, -0.25) is 0 Å². The lowest BCUT2D eigenvalue weighted by atomic mass is 10.1. The minimum absolute atomic E-state index is 0.00550. The second-order valence-corrected chi connectivity index (χ2v) is 7.84. The van der Waals surface area contributed by atoms with Crippen molar-refractivity contribution in [2.45, 2.75) is 19.4 Å². The number of nitrogens with one attached hydrogen (secondary N) is 1. The maximum absolute atomic E-state index is 13.6. The van der Waals surface area contributed by atoms with E-state index in [9.17, 15) is 17.6 Å². The minimum Gasteiger partial charge on any atom is -0.494 e. The zero-order valence-electron chi connectivity index (χ0n) is 13.2. The van der Waals surface area contributed by atoms with E-state index in [0.29, 0.717) is 13.0 Å². The van der Waals surface area contributed by atoms with Crippen LogP contribution in [0.2, 0.25) is 0 Å². The molecule has 0 spiro atoms. The van der Waals surface area contributed by atoms with Crippen LogP contribution in [-0.2, 0) is 16.3 Å². The number of urea groups is 1. The first kappa shape index (κ1) is 17.5. The van der Waals surface area contributed by atoms with E-state index < -0.39 is 15.7 Å². The third-order valence-electron chi connectivity index (χ3n) is 3.84. The summed E-state index contributed by atoms with van der Waals surface area (Å²) in [6.07, 6.45) is 0.479. The van der Waals surface area contributed by atoms with Crippen LogP contribution in [0.4, 0.5) is 9.18 Å². The van der Waals surface area contributed by atoms with Crippen LogP contribution >= 0.6 is 0 Å². The van der Waals surface area contributed by atoms with Gasteiger partial charge in [0.05, 0.1) is 18.6 Å². The Balaban J connectivity index is 1.84. The maximum Gasteiger partial charge on any atom is 0.317 e. The highest BCUT2D eigenvalue weighted by Crippen LogP contribution is 2.17. The number of methoxy groups -OCH3 is 1. The molecule has 8 heteroatoms. The molecule has 0 aliphatic carbocycles. The zero-order valence-corrected chi connectivity index (χ0v) is 14.0. The summed E-state index contributed by atoms with van der Waals surface area (Å²) in [5.74, 6) is -0.272. The number of ether oxygens (including phenoxy) is 1. The van der Waals surface area contributed by atoms with Crippen molar-refractivity contribution in [3.8, 4) is 5.75 Å². The van der Waals surface area contributed by atoms with Crippen LogP contribution in [0.25, 0.3) is 0 Å². The molecule has 0 bridgehead atoms. The highest BCUT2D eigenvalue weighted by Gasteiger charge is 2.30. The first-order valence-electron chi connectivity index (χ1n) is 7.39. The quantitative estimate of drug-likeness (QED) is 0.891. The molecule has 1 N–H and O–H groups in total. The number of amides is 2. The molecule has 1 aliphatic rings. The molecule has 2 amide bonds. The van der Waals surface area contributed by atoms with Gasteiger partial charge in [0.2, 0.25) is 0 Å². The van der Waals surface area contributed by atoms with E-state index in [-0.39, 0.29) is 35.9 Å². The number of carbonyl (C=O) groups excluding carboxylic acids is 1. The lowest BCUT2D eigenvalue weighted by Gasteiger charge is -2.33. The average Bonchev–Trinajstić information content (AvgIpc) is 2.46. The lowest BCUT2D eigenvalue weighted by Crippen LogP contribution is -2.53. The second kappa shape index (κ2) is 7.16. The summed E-state index contributed by atoms with van der Waals surface area (Å²) in [4.78, 5) is 13.6. The van der Waals surface area contributed by atoms with E-state index in [2.05, 4.69) is 5.32 Å². The fraction of sp³-hybridized carbons (Fsp3) is 0.533. The lowest BCUT2D eigenvalue weighted by molar-refractivity contribution is 0.185. The number of hydrogen-bond donors (Lipinski definition) is 1. The van der Waals surface area contributed by atoms with Gasteiger partial charge in [0.1, 0.15) is 0 Å². The standard InChI is InChI=1S/C15H21FN2O4S/c1-11-10-23(20,21)8-7-18(11)15(19)17-6-5-12-3-4-14(22-2)13(16)9-12/h3-4,9,11H,5-8,10H2,1-2H3,(H,17,19). The number of benzene rings is 1. The molecule has 6 nitrogen and oxygen atoms in total. The smallest absolute Gasteiger partial charge is 0.317 e. The molecule has 0 saturated carbocycles. The van der Waals surface area contributed by atoms with Gasteiger partial charge in [0.25, 0.3) is 0 Å². The van der Waals surface area contributed by atoms with Crippen molar-refractivity contribution in [2.75, 3.05) is 31.7 Å². The van der Waals surface area contributed by atoms with Gasteiger partial charge in [-0.15, -0.1) is 0 Å². The van der Waals surface area contributed by atoms with Crippen molar-refractivity contribution < 1.29 is 22.3 Å². The normalized spacial score (nSPS) is 20.1. The monoisotopic (exact) mass is 344 g/mol. The zero-order chi connectivity index (χ0) is 17.0. The summed E-state index contributed by atoms with van der Waals surface area (Å²) in [5.41, 5.74) is 0.748. The largest absolute Gasteiger partial charge is 0.494 e. The van der Waals surface area contributed by atoms with E-state index in [1.54, 1.807) is 19.1 Å². The van der Waals surface area contributed by atoms with E-state index in [1.807, 2.05) is 0 Å². The highest BCUT2D eigenvalue weighted by atomic mass is 32.2. The molecular weight excluding hydrogens is 323 g/mol. The van der Waals surface area contributed by atoms with Crippen LogP contribution in [0, 0.1) is 5.82 Å². The van der Waals surface area contributed by atoms with Gasteiger partial charge in [-0.25, -0.2) is 17.6 Å². The maximum atomic E-state index is 13.6. The van der Waals surface area contributed by atoms with E-state index in [0.717, 1.165) is 5.56 Å². The first-order valence-corrected chi connectivity index (χ1v) is 9.22. The average molecular weight is 344 g/mol. The fourth-order valence-corrected chi connectivity index (χ4v) is 4.14. The number of hydrogen-bond acceptors (Lipinski definition) is 4. The number of nitrogens with zero attached hydrogens (tertiary/aromatic N) is 1. The van der Waals surface area contributed by atoms with Gasteiger partial charge in [0, 0.05) is 19.1 Å². The Kier molecular flexibility index (Phi) is 5.46. The molecule has 128 valence electrons. The van der Waals surface area contributed by atoms with Gasteiger partial charge in [-0.05, 0) is 31.0 Å². The summed E-state index contributed by atoms with van der Waals surface area (Å²) in [6.45, 7) is 2.27. The molecular formula is C15H21FN2O4S. The van der Waals surface area contributed by atoms with Crippen molar-refractivity contribution in [2.24, 2.45) is 0 Å². The first-order chi connectivity index (χ1) is 10.8. The number of carbonyl (C=O) groups is 1. The Bertz CT molecular complexity index is 678. The Morgan fingerprint density at radius 2 is 2.22 bits per heavy atom. The molecule has 1 fully saturated rings. The summed E-state index contributed by atoms with van der Waals surface area (Å²) in [6, 6.07) is 4.03. The molecule has 1 aromatic rings. The Labute approximate surface area is 135 Å². The molecule has 23 heavy (non-hydrogen) atoms. The van der Waals surface area contributed by atoms with E-state index in [1.165, 1.54) is 18.1 Å². The van der Waals surface area contributed by atoms with E-state index >= 15 is 0 Å². The summed E-state index contributed by atoms with van der Waals surface area (Å²) in [7, 11) is -1.65. The molecule has 1 atom stereocenters. The Hall–Kier alpha value is -1.83. The van der Waals surface area contributed by atoms with Crippen molar-refractivity contribution in [3.05, 3.63) is 29.6 Å². The van der Waals surface area contributed by atoms with Crippen LogP contribution in [-0.4, -0.2) is 57.1 Å². The number of halogens is 1. The molecule has 0 radical (unpaired) electrons. The minimum atomic E-state index is -3.05. The Morgan fingerprint density at radius 3 is 2.83 bits per heavy atom. The molecule has 2 rings (SSSR count). The van der Waals surface area contributed by atoms with E-state index in [4.69, 9.17) is 4.74 Å². The van der Waals surface area contributed by atoms with Crippen LogP contribution in [0.1, 0.15) is 12.5 Å². The predicted molar refractivity (Wildman–Crippen MR) is 84.9 cm³/mol. The van der Waals surface area contributed by atoms with Crippen molar-refractivity contribution >= 4 is 15.9 Å². The molecule has 1 aliphatic heterocycles. The Morgan fingerprint density at radius 1 is 1.48 bits per heavy atom. The van der Waals surface area contributed by atoms with Crippen LogP contribution in [0.5, 0.6) is 5.75 Å². The highest BCUT2D eigenvalue weighted by molar-refractivity contribution is 7.91. The van der Waals surface area contributed by atoms with Crippen LogP contribution < -0.4 is 10.1 Å². The van der Waals surface area contributed by atoms with Crippen LogP contribution in [0.15, 0.2) is 18.2 Å². The van der Waals surface area contributed by atoms with Crippen molar-refractivity contribution in [1.82, 2.24) is 10.2 Å². The molecule has 1 aromatic carbocycles. The second-order valence-electron chi connectivity index (χ2n) is 5.61. The SMILES string of the molecule is COc1ccc(CCNC(=O)N2CCS(=O)(=O)CC2C)cc1F. The third kappa shape index (κ3) is 4.57. The number of sulfone groups is 1. The summed E-state index contributed by atoms with van der Waals surface area (Å²) in [5, 5.41) is 2.75. The third-order valence-corrected chi connectivity index (χ3v) is 5.63. The summed E-state index contributed by atoms with van der Waals surface area (Å²) >= 11 is 0. The topological polar surface area (TPSA) is 75.7 Å². The van der Waals surface area contributed by atoms with Crippen molar-refractivity contribution in [1.29, 1.82) is 0 Å². The van der Waals surface area contributed by atoms with Gasteiger partial charge in [0.15, 0.2) is 21.4 Å². The van der Waals surface area contributed by atoms with Gasteiger partial charge < -0.3 is 15.0 Å². The van der Waals surface area contributed by atoms with Gasteiger partial charge >= 0.3 is 6.03 Å². The molecule has 0 aromatic heterocycles. The van der Waals surface area contributed by atoms with Crippen molar-refractivity contribution in [3.63, 3.8) is 0 Å². The predicted octanol–water partition coefficient (Wildman–Crippen LogP) is 1.21. The van der Waals surface area contributed by atoms with Gasteiger partial charge in [-0.1, -0.05) is 6.07 Å². The number of rotatable bonds is 4. The van der Waals surface area contributed by atoms with Gasteiger partial charge in [-0.2, -0.15) is 0 Å². The summed E-state index contributed by atoms with van der Waals surface area (Å²) < 4.78 is 41.4. The molecule has 1 heterocycles. The molecule has 1 saturated heterocycles.